The summed E-state index contributed by atoms with van der Waals surface area (Å²) >= 11 is 0. The molecule has 8 nitrogen and oxygen atoms in total. The second-order valence-electron chi connectivity index (χ2n) is 10.2. The summed E-state index contributed by atoms with van der Waals surface area (Å²) in [7, 11) is 0. The minimum Gasteiger partial charge on any atom is -0.508 e. The van der Waals surface area contributed by atoms with Crippen LogP contribution in [0.25, 0.3) is 0 Å². The van der Waals surface area contributed by atoms with Gasteiger partial charge in [0.15, 0.2) is 0 Å². The van der Waals surface area contributed by atoms with Crippen molar-refractivity contribution in [3.8, 4) is 5.75 Å². The molecule has 0 aliphatic carbocycles. The van der Waals surface area contributed by atoms with Crippen molar-refractivity contribution in [1.82, 2.24) is 10.2 Å². The molecule has 0 aromatic heterocycles. The lowest BCUT2D eigenvalue weighted by Gasteiger charge is -2.34. The number of anilines is 1. The Labute approximate surface area is 220 Å². The molecule has 3 N–H and O–H groups in total. The minimum absolute atomic E-state index is 0.0912. The first-order valence-corrected chi connectivity index (χ1v) is 12.9. The predicted molar refractivity (Wildman–Crippen MR) is 145 cm³/mol. The van der Waals surface area contributed by atoms with Gasteiger partial charge in [0.2, 0.25) is 5.91 Å². The Morgan fingerprint density at radius 1 is 1.00 bits per heavy atom. The summed E-state index contributed by atoms with van der Waals surface area (Å²) in [4.78, 5) is 41.3. The number of ether oxygens (including phenoxy) is 1. The summed E-state index contributed by atoms with van der Waals surface area (Å²) < 4.78 is 5.32. The predicted octanol–water partition coefficient (Wildman–Crippen LogP) is 5.70. The average molecular weight is 512 g/mol. The number of hydrogen-bond donors (Lipinski definition) is 3. The molecule has 2 atom stereocenters. The molecule has 0 aliphatic rings. The highest BCUT2D eigenvalue weighted by Gasteiger charge is 2.36. The summed E-state index contributed by atoms with van der Waals surface area (Å²) in [5.41, 5.74) is 1.07. The van der Waals surface area contributed by atoms with E-state index in [4.69, 9.17) is 4.74 Å². The van der Waals surface area contributed by atoms with Crippen molar-refractivity contribution in [3.63, 3.8) is 0 Å². The maximum atomic E-state index is 13.8. The van der Waals surface area contributed by atoms with Gasteiger partial charge in [-0.25, -0.2) is 4.79 Å². The summed E-state index contributed by atoms with van der Waals surface area (Å²) in [5.74, 6) is -0.994. The molecule has 8 heteroatoms. The summed E-state index contributed by atoms with van der Waals surface area (Å²) in [6.45, 7) is 11.0. The van der Waals surface area contributed by atoms with Crippen molar-refractivity contribution in [2.75, 3.05) is 11.9 Å². The summed E-state index contributed by atoms with van der Waals surface area (Å²) in [6.07, 6.45) is 2.83. The second kappa shape index (κ2) is 13.7. The van der Waals surface area contributed by atoms with Crippen molar-refractivity contribution < 1.29 is 24.2 Å². The fraction of sp³-hybridized carbons (Fsp3) is 0.483. The van der Waals surface area contributed by atoms with Crippen LogP contribution in [0.2, 0.25) is 0 Å². The number of aromatic hydroxyl groups is 1. The van der Waals surface area contributed by atoms with Gasteiger partial charge in [-0.05, 0) is 58.7 Å². The Morgan fingerprint density at radius 2 is 1.65 bits per heavy atom. The highest BCUT2D eigenvalue weighted by molar-refractivity contribution is 5.99. The van der Waals surface area contributed by atoms with Gasteiger partial charge in [0.25, 0.3) is 5.91 Å². The molecule has 0 radical (unpaired) electrons. The molecule has 0 heterocycles. The number of nitrogens with one attached hydrogen (secondary N) is 2. The van der Waals surface area contributed by atoms with Crippen LogP contribution in [-0.2, 0) is 14.3 Å². The van der Waals surface area contributed by atoms with Crippen LogP contribution < -0.4 is 10.6 Å². The lowest BCUT2D eigenvalue weighted by molar-refractivity contribution is -0.140. The van der Waals surface area contributed by atoms with Crippen molar-refractivity contribution in [2.24, 2.45) is 0 Å². The van der Waals surface area contributed by atoms with E-state index in [0.29, 0.717) is 17.7 Å². The normalized spacial score (nSPS) is 12.8. The number of phenolic OH excluding ortho intramolecular Hbond substituents is 1. The van der Waals surface area contributed by atoms with Crippen LogP contribution in [-0.4, -0.2) is 46.1 Å². The van der Waals surface area contributed by atoms with E-state index in [0.717, 1.165) is 24.8 Å². The monoisotopic (exact) mass is 511 g/mol. The smallest absolute Gasteiger partial charge is 0.408 e. The van der Waals surface area contributed by atoms with Crippen molar-refractivity contribution in [1.29, 1.82) is 0 Å². The molecule has 202 valence electrons. The van der Waals surface area contributed by atoms with Crippen molar-refractivity contribution in [3.05, 3.63) is 59.7 Å². The van der Waals surface area contributed by atoms with Gasteiger partial charge < -0.3 is 25.4 Å². The van der Waals surface area contributed by atoms with Gasteiger partial charge in [-0.1, -0.05) is 62.6 Å². The zero-order valence-electron chi connectivity index (χ0n) is 22.8. The Kier molecular flexibility index (Phi) is 11.0. The Balaban J connectivity index is 2.44. The first-order chi connectivity index (χ1) is 17.4. The van der Waals surface area contributed by atoms with E-state index in [1.807, 2.05) is 25.1 Å². The number of rotatable bonds is 11. The number of hydrogen-bond acceptors (Lipinski definition) is 5. The largest absolute Gasteiger partial charge is 0.508 e. The molecule has 0 aliphatic heterocycles. The number of unbranched alkanes of at least 4 members (excludes halogenated alkanes) is 3. The van der Waals surface area contributed by atoms with E-state index in [2.05, 4.69) is 17.6 Å². The lowest BCUT2D eigenvalue weighted by Crippen LogP contribution is -2.51. The minimum atomic E-state index is -1.11. The number of benzene rings is 2. The molecule has 37 heavy (non-hydrogen) atoms. The number of alkyl carbamates (subject to hydrolysis) is 1. The Bertz CT molecular complexity index is 1060. The Hall–Kier alpha value is -3.55. The first-order valence-electron chi connectivity index (χ1n) is 12.9. The van der Waals surface area contributed by atoms with E-state index in [1.54, 1.807) is 52.0 Å². The van der Waals surface area contributed by atoms with Crippen LogP contribution in [0.1, 0.15) is 77.5 Å². The van der Waals surface area contributed by atoms with Crippen molar-refractivity contribution in [2.45, 2.75) is 84.9 Å². The average Bonchev–Trinajstić information content (AvgIpc) is 2.81. The highest BCUT2D eigenvalue weighted by atomic mass is 16.6. The Morgan fingerprint density at radius 3 is 2.27 bits per heavy atom. The maximum absolute atomic E-state index is 13.8. The van der Waals surface area contributed by atoms with Crippen LogP contribution in [0.4, 0.5) is 10.5 Å². The standard InChI is InChI=1S/C29H41N3O5/c1-7-8-9-14-19-32(27(35)21(3)30-28(36)37-29(4,5)6)25(22-16-11-13-18-24(22)33)26(34)31-23-17-12-10-15-20(23)2/h10-13,15-18,21,25,33H,7-9,14,19H2,1-6H3,(H,30,36)(H,31,34). The van der Waals surface area contributed by atoms with Gasteiger partial charge in [-0.3, -0.25) is 9.59 Å². The van der Waals surface area contributed by atoms with Gasteiger partial charge in [-0.15, -0.1) is 0 Å². The van der Waals surface area contributed by atoms with Crippen molar-refractivity contribution >= 4 is 23.6 Å². The van der Waals surface area contributed by atoms with E-state index < -0.39 is 35.6 Å². The molecule has 3 amide bonds. The quantitative estimate of drug-likeness (QED) is 0.335. The lowest BCUT2D eigenvalue weighted by atomic mass is 10.0. The highest BCUT2D eigenvalue weighted by Crippen LogP contribution is 2.31. The number of para-hydroxylation sites is 2. The third-order valence-electron chi connectivity index (χ3n) is 5.83. The third kappa shape index (κ3) is 9.12. The molecule has 2 aromatic carbocycles. The fourth-order valence-electron chi connectivity index (χ4n) is 3.95. The SMILES string of the molecule is CCCCCCN(C(=O)C(C)NC(=O)OC(C)(C)C)C(C(=O)Nc1ccccc1C)c1ccccc1O. The third-order valence-corrected chi connectivity index (χ3v) is 5.83. The number of carbonyl (C=O) groups is 3. The number of carbonyl (C=O) groups excluding carboxylic acids is 3. The zero-order chi connectivity index (χ0) is 27.6. The topological polar surface area (TPSA) is 108 Å². The number of nitrogens with zero attached hydrogens (tertiary/aromatic N) is 1. The zero-order valence-corrected chi connectivity index (χ0v) is 22.8. The second-order valence-corrected chi connectivity index (χ2v) is 10.2. The molecule has 2 aromatic rings. The van der Waals surface area contributed by atoms with Crippen LogP contribution in [0, 0.1) is 6.92 Å². The van der Waals surface area contributed by atoms with Gasteiger partial charge in [0.05, 0.1) is 0 Å². The molecular formula is C29H41N3O5. The van der Waals surface area contributed by atoms with Crippen LogP contribution in [0.15, 0.2) is 48.5 Å². The van der Waals surface area contributed by atoms with Crippen LogP contribution in [0.3, 0.4) is 0 Å². The van der Waals surface area contributed by atoms with Gasteiger partial charge in [-0.2, -0.15) is 0 Å². The maximum Gasteiger partial charge on any atom is 0.408 e. The van der Waals surface area contributed by atoms with E-state index in [9.17, 15) is 19.5 Å². The summed E-state index contributed by atoms with van der Waals surface area (Å²) in [6, 6.07) is 11.8. The molecule has 0 fully saturated rings. The van der Waals surface area contributed by atoms with Crippen LogP contribution in [0.5, 0.6) is 5.75 Å². The van der Waals surface area contributed by atoms with E-state index >= 15 is 0 Å². The first kappa shape index (κ1) is 29.7. The molecule has 0 saturated carbocycles. The molecule has 0 saturated heterocycles. The molecule has 0 bridgehead atoms. The fourth-order valence-corrected chi connectivity index (χ4v) is 3.95. The molecule has 2 unspecified atom stereocenters. The molecular weight excluding hydrogens is 470 g/mol. The molecule has 2 rings (SSSR count). The van der Waals surface area contributed by atoms with Gasteiger partial charge in [0, 0.05) is 17.8 Å². The van der Waals surface area contributed by atoms with E-state index in [-0.39, 0.29) is 12.3 Å². The van der Waals surface area contributed by atoms with Gasteiger partial charge in [0.1, 0.15) is 23.4 Å². The number of aryl methyl sites for hydroxylation is 1. The van der Waals surface area contributed by atoms with Gasteiger partial charge >= 0.3 is 6.09 Å². The van der Waals surface area contributed by atoms with Crippen LogP contribution >= 0.6 is 0 Å². The van der Waals surface area contributed by atoms with E-state index in [1.165, 1.54) is 11.0 Å². The number of amides is 3. The summed E-state index contributed by atoms with van der Waals surface area (Å²) in [5, 5.41) is 16.2. The number of phenols is 1. The molecule has 0 spiro atoms.